The lowest BCUT2D eigenvalue weighted by Gasteiger charge is -2.13. The van der Waals surface area contributed by atoms with Crippen LogP contribution in [0, 0.1) is 0 Å². The number of carbonyl (C=O) groups excluding carboxylic acids is 4. The summed E-state index contributed by atoms with van der Waals surface area (Å²) in [5.41, 5.74) is 0.385. The van der Waals surface area contributed by atoms with Crippen molar-refractivity contribution in [3.8, 4) is 5.75 Å². The highest BCUT2D eigenvalue weighted by atomic mass is 16.5. The average molecular weight is 401 g/mol. The van der Waals surface area contributed by atoms with Crippen LogP contribution >= 0.6 is 0 Å². The van der Waals surface area contributed by atoms with E-state index < -0.39 is 30.4 Å². The van der Waals surface area contributed by atoms with E-state index in [4.69, 9.17) is 4.74 Å². The number of hydrogen-bond acceptors (Lipinski definition) is 8. The molecule has 9 nitrogen and oxygen atoms in total. The number of carbonyl (C=O) groups is 4. The van der Waals surface area contributed by atoms with E-state index in [1.807, 2.05) is 0 Å². The van der Waals surface area contributed by atoms with Gasteiger partial charge in [-0.25, -0.2) is 14.4 Å². The van der Waals surface area contributed by atoms with E-state index in [0.717, 1.165) is 0 Å². The molecule has 0 unspecified atom stereocenters. The molecule has 2 aromatic carbocycles. The van der Waals surface area contributed by atoms with Crippen molar-refractivity contribution in [1.29, 1.82) is 0 Å². The molecule has 0 atom stereocenters. The lowest BCUT2D eigenvalue weighted by Crippen LogP contribution is -2.23. The second kappa shape index (κ2) is 9.88. The maximum absolute atomic E-state index is 12.3. The number of methoxy groups -OCH3 is 3. The number of benzene rings is 2. The van der Waals surface area contributed by atoms with Gasteiger partial charge in [-0.1, -0.05) is 12.1 Å². The van der Waals surface area contributed by atoms with Gasteiger partial charge in [0.25, 0.3) is 5.91 Å². The summed E-state index contributed by atoms with van der Waals surface area (Å²) >= 11 is 0. The smallest absolute Gasteiger partial charge is 0.341 e. The standard InChI is InChI=1S/C20H19NO8/c1-26-18(23)12-8-9-13(19(24)27-2)15(10-12)21-17(22)11-29-16-7-5-4-6-14(16)20(25)28-3/h4-10H,11H2,1-3H3,(H,21,22). The minimum Gasteiger partial charge on any atom is -0.483 e. The predicted octanol–water partition coefficient (Wildman–Crippen LogP) is 2.06. The lowest BCUT2D eigenvalue weighted by molar-refractivity contribution is -0.118. The number of anilines is 1. The third-order valence-electron chi connectivity index (χ3n) is 3.77. The van der Waals surface area contributed by atoms with Crippen molar-refractivity contribution >= 4 is 29.5 Å². The highest BCUT2D eigenvalue weighted by Gasteiger charge is 2.18. The summed E-state index contributed by atoms with van der Waals surface area (Å²) < 4.78 is 19.4. The van der Waals surface area contributed by atoms with E-state index in [-0.39, 0.29) is 28.1 Å². The normalized spacial score (nSPS) is 9.90. The van der Waals surface area contributed by atoms with Gasteiger partial charge in [0, 0.05) is 0 Å². The van der Waals surface area contributed by atoms with Crippen molar-refractivity contribution in [2.75, 3.05) is 33.3 Å². The lowest BCUT2D eigenvalue weighted by atomic mass is 10.1. The first-order chi connectivity index (χ1) is 13.9. The molecule has 0 aliphatic heterocycles. The van der Waals surface area contributed by atoms with Gasteiger partial charge < -0.3 is 24.3 Å². The number of para-hydroxylation sites is 1. The second-order valence-corrected chi connectivity index (χ2v) is 5.57. The number of esters is 3. The highest BCUT2D eigenvalue weighted by molar-refractivity contribution is 6.03. The van der Waals surface area contributed by atoms with Crippen LogP contribution in [0.25, 0.3) is 0 Å². The maximum atomic E-state index is 12.3. The third kappa shape index (κ3) is 5.32. The van der Waals surface area contributed by atoms with Crippen LogP contribution in [0.5, 0.6) is 5.75 Å². The molecule has 0 spiro atoms. The Kier molecular flexibility index (Phi) is 7.30. The molecule has 0 radical (unpaired) electrons. The Morgan fingerprint density at radius 1 is 0.793 bits per heavy atom. The summed E-state index contributed by atoms with van der Waals surface area (Å²) in [5.74, 6) is -2.42. The molecule has 0 heterocycles. The van der Waals surface area contributed by atoms with Gasteiger partial charge >= 0.3 is 17.9 Å². The van der Waals surface area contributed by atoms with Gasteiger partial charge in [-0.2, -0.15) is 0 Å². The fourth-order valence-corrected chi connectivity index (χ4v) is 2.38. The van der Waals surface area contributed by atoms with Gasteiger partial charge in [0.1, 0.15) is 11.3 Å². The second-order valence-electron chi connectivity index (χ2n) is 5.57. The molecule has 9 heteroatoms. The largest absolute Gasteiger partial charge is 0.483 e. The summed E-state index contributed by atoms with van der Waals surface area (Å²) in [6.45, 7) is -0.461. The van der Waals surface area contributed by atoms with E-state index in [1.165, 1.54) is 51.7 Å². The van der Waals surface area contributed by atoms with Crippen molar-refractivity contribution in [1.82, 2.24) is 0 Å². The van der Waals surface area contributed by atoms with Crippen LogP contribution in [0.2, 0.25) is 0 Å². The van der Waals surface area contributed by atoms with E-state index >= 15 is 0 Å². The van der Waals surface area contributed by atoms with Crippen molar-refractivity contribution in [2.45, 2.75) is 0 Å². The van der Waals surface area contributed by atoms with Gasteiger partial charge in [0.15, 0.2) is 6.61 Å². The van der Waals surface area contributed by atoms with Crippen molar-refractivity contribution in [2.24, 2.45) is 0 Å². The van der Waals surface area contributed by atoms with Gasteiger partial charge in [0.2, 0.25) is 0 Å². The van der Waals surface area contributed by atoms with Crippen LogP contribution in [0.3, 0.4) is 0 Å². The molecule has 2 aromatic rings. The first-order valence-corrected chi connectivity index (χ1v) is 8.32. The molecule has 1 amide bonds. The Morgan fingerprint density at radius 3 is 2.07 bits per heavy atom. The molecule has 152 valence electrons. The van der Waals surface area contributed by atoms with Gasteiger partial charge in [-0.05, 0) is 30.3 Å². The van der Waals surface area contributed by atoms with Gasteiger partial charge in [0.05, 0.1) is 38.1 Å². The number of hydrogen-bond donors (Lipinski definition) is 1. The zero-order valence-electron chi connectivity index (χ0n) is 16.0. The first kappa shape index (κ1) is 21.4. The topological polar surface area (TPSA) is 117 Å². The van der Waals surface area contributed by atoms with Crippen LogP contribution in [0.4, 0.5) is 5.69 Å². The Balaban J connectivity index is 2.19. The predicted molar refractivity (Wildman–Crippen MR) is 101 cm³/mol. The summed E-state index contributed by atoms with van der Waals surface area (Å²) in [6.07, 6.45) is 0. The van der Waals surface area contributed by atoms with Crippen molar-refractivity contribution in [3.05, 3.63) is 59.2 Å². The number of amides is 1. The van der Waals surface area contributed by atoms with Crippen LogP contribution in [-0.4, -0.2) is 51.8 Å². The van der Waals surface area contributed by atoms with Gasteiger partial charge in [-0.15, -0.1) is 0 Å². The van der Waals surface area contributed by atoms with E-state index in [1.54, 1.807) is 12.1 Å². The zero-order valence-corrected chi connectivity index (χ0v) is 16.0. The monoisotopic (exact) mass is 401 g/mol. The van der Waals surface area contributed by atoms with E-state index in [0.29, 0.717) is 0 Å². The molecule has 0 aromatic heterocycles. The fourth-order valence-electron chi connectivity index (χ4n) is 2.38. The Morgan fingerprint density at radius 2 is 1.41 bits per heavy atom. The maximum Gasteiger partial charge on any atom is 0.341 e. The molecule has 0 bridgehead atoms. The molecular formula is C20H19NO8. The summed E-state index contributed by atoms with van der Waals surface area (Å²) in [5, 5.41) is 2.49. The van der Waals surface area contributed by atoms with E-state index in [2.05, 4.69) is 19.5 Å². The highest BCUT2D eigenvalue weighted by Crippen LogP contribution is 2.21. The van der Waals surface area contributed by atoms with Crippen molar-refractivity contribution < 1.29 is 38.1 Å². The molecule has 0 aliphatic carbocycles. The Labute approximate surface area is 166 Å². The first-order valence-electron chi connectivity index (χ1n) is 8.32. The van der Waals surface area contributed by atoms with Crippen LogP contribution in [0.1, 0.15) is 31.1 Å². The van der Waals surface area contributed by atoms with Crippen LogP contribution < -0.4 is 10.1 Å². The average Bonchev–Trinajstić information content (AvgIpc) is 2.76. The number of rotatable bonds is 7. The number of ether oxygens (including phenoxy) is 4. The van der Waals surface area contributed by atoms with Crippen LogP contribution in [0.15, 0.2) is 42.5 Å². The third-order valence-corrected chi connectivity index (χ3v) is 3.77. The van der Waals surface area contributed by atoms with Gasteiger partial charge in [-0.3, -0.25) is 4.79 Å². The SMILES string of the molecule is COC(=O)c1ccc(C(=O)OC)c(NC(=O)COc2ccccc2C(=O)OC)c1. The molecule has 1 N–H and O–H groups in total. The molecule has 0 saturated heterocycles. The Bertz CT molecular complexity index is 938. The Hall–Kier alpha value is -3.88. The fraction of sp³-hybridized carbons (Fsp3) is 0.200. The minimum atomic E-state index is -0.700. The molecule has 0 saturated carbocycles. The summed E-state index contributed by atoms with van der Waals surface area (Å²) in [6, 6.07) is 10.3. The molecular weight excluding hydrogens is 382 g/mol. The molecule has 0 aliphatic rings. The molecule has 2 rings (SSSR count). The number of nitrogens with one attached hydrogen (secondary N) is 1. The summed E-state index contributed by atoms with van der Waals surface area (Å²) in [4.78, 5) is 47.7. The molecule has 29 heavy (non-hydrogen) atoms. The minimum absolute atomic E-state index is 0.0449. The quantitative estimate of drug-likeness (QED) is 0.553. The van der Waals surface area contributed by atoms with E-state index in [9.17, 15) is 19.2 Å². The molecule has 0 fully saturated rings. The van der Waals surface area contributed by atoms with Crippen LogP contribution in [-0.2, 0) is 19.0 Å². The summed E-state index contributed by atoms with van der Waals surface area (Å²) in [7, 11) is 3.63. The zero-order chi connectivity index (χ0) is 21.4. The van der Waals surface area contributed by atoms with Crippen molar-refractivity contribution in [3.63, 3.8) is 0 Å².